The number of rotatable bonds is 2. The number of hydrogen-bond donors (Lipinski definition) is 0. The first-order valence-corrected chi connectivity index (χ1v) is 11.8. The van der Waals surface area contributed by atoms with Gasteiger partial charge in [0.2, 0.25) is 0 Å². The first-order valence-electron chi connectivity index (χ1n) is 10.2. The number of hydrogen-bond acceptors (Lipinski definition) is 6. The molecule has 33 heavy (non-hydrogen) atoms. The summed E-state index contributed by atoms with van der Waals surface area (Å²) in [6.45, 7) is 0. The maximum atomic E-state index is 11.7. The number of carbonyl (C=O) groups is 2. The van der Waals surface area contributed by atoms with Gasteiger partial charge in [0.1, 0.15) is 10.0 Å². The van der Waals surface area contributed by atoms with Crippen molar-refractivity contribution >= 4 is 65.8 Å². The van der Waals surface area contributed by atoms with Gasteiger partial charge in [-0.3, -0.25) is 9.59 Å². The molecule has 2 aliphatic carbocycles. The van der Waals surface area contributed by atoms with E-state index in [0.717, 1.165) is 41.6 Å². The predicted octanol–water partition coefficient (Wildman–Crippen LogP) is 6.41. The predicted molar refractivity (Wildman–Crippen MR) is 133 cm³/mol. The number of carbonyl (C=O) groups excluding carboxylic acids is 2. The Morgan fingerprint density at radius 2 is 1.06 bits per heavy atom. The van der Waals surface area contributed by atoms with Crippen molar-refractivity contribution in [2.75, 3.05) is 0 Å². The van der Waals surface area contributed by atoms with Gasteiger partial charge in [-0.2, -0.15) is 0 Å². The van der Waals surface area contributed by atoms with Crippen LogP contribution in [0.1, 0.15) is 22.9 Å². The van der Waals surface area contributed by atoms with Gasteiger partial charge in [-0.05, 0) is 36.4 Å². The summed E-state index contributed by atoms with van der Waals surface area (Å²) in [5, 5.41) is 1.66. The minimum Gasteiger partial charge on any atom is -0.294 e. The zero-order valence-corrected chi connectivity index (χ0v) is 22.3. The normalized spacial score (nSPS) is 15.0. The summed E-state index contributed by atoms with van der Waals surface area (Å²) in [5.74, 6) is 0.308. The van der Waals surface area contributed by atoms with Crippen LogP contribution < -0.4 is 0 Å². The van der Waals surface area contributed by atoms with Gasteiger partial charge in [-0.1, -0.05) is 48.6 Å². The Labute approximate surface area is 211 Å². The maximum Gasteiger partial charge on any atom is 0.169 e. The molecule has 2 heterocycles. The molecule has 0 radical (unpaired) electrons. The molecule has 0 saturated heterocycles. The number of Topliss-reactive ketones (excluding diaryl/α,β-unsaturated/α-hetero) is 2. The number of aromatic nitrogens is 2. The molecule has 2 aromatic heterocycles. The smallest absolute Gasteiger partial charge is 0.169 e. The number of thiazole rings is 2. The summed E-state index contributed by atoms with van der Waals surface area (Å²) >= 11 is 3.15. The zero-order valence-electron chi connectivity index (χ0n) is 17.7. The maximum absolute atomic E-state index is 11.7. The molecule has 7 heteroatoms. The summed E-state index contributed by atoms with van der Waals surface area (Å²) < 4.78 is 2.25. The second-order valence-corrected chi connectivity index (χ2v) is 9.31. The summed E-state index contributed by atoms with van der Waals surface area (Å²) in [4.78, 5) is 32.4. The molecule has 0 atom stereocenters. The van der Waals surface area contributed by atoms with E-state index in [4.69, 9.17) is 0 Å². The third-order valence-electron chi connectivity index (χ3n) is 5.05. The molecular weight excluding hydrogens is 502 g/mol. The first kappa shape index (κ1) is 23.3. The fourth-order valence-electron chi connectivity index (χ4n) is 3.44. The van der Waals surface area contributed by atoms with Crippen LogP contribution >= 0.6 is 22.7 Å². The van der Waals surface area contributed by atoms with Gasteiger partial charge in [0.25, 0.3) is 0 Å². The van der Waals surface area contributed by atoms with Crippen LogP contribution in [0.15, 0.2) is 85.0 Å². The first-order chi connectivity index (χ1) is 15.7. The Morgan fingerprint density at radius 1 is 0.636 bits per heavy atom. The van der Waals surface area contributed by atoms with E-state index in [2.05, 4.69) is 9.97 Å². The van der Waals surface area contributed by atoms with Crippen molar-refractivity contribution in [2.24, 2.45) is 0 Å². The van der Waals surface area contributed by atoms with Crippen molar-refractivity contribution in [3.05, 3.63) is 95.0 Å². The van der Waals surface area contributed by atoms with E-state index >= 15 is 0 Å². The van der Waals surface area contributed by atoms with Crippen LogP contribution in [0.5, 0.6) is 0 Å². The Hall–Kier alpha value is -2.86. The molecule has 0 aliphatic heterocycles. The Kier molecular flexibility index (Phi) is 7.34. The van der Waals surface area contributed by atoms with E-state index in [1.807, 2.05) is 85.0 Å². The molecule has 0 spiro atoms. The van der Waals surface area contributed by atoms with Crippen molar-refractivity contribution < 1.29 is 29.1 Å². The van der Waals surface area contributed by atoms with Crippen LogP contribution in [0.2, 0.25) is 0 Å². The van der Waals surface area contributed by atoms with E-state index in [1.165, 1.54) is 0 Å². The number of para-hydroxylation sites is 2. The van der Waals surface area contributed by atoms with Gasteiger partial charge in [0.15, 0.2) is 11.6 Å². The number of benzene rings is 2. The van der Waals surface area contributed by atoms with Gasteiger partial charge in [-0.15, -0.1) is 22.7 Å². The summed E-state index contributed by atoms with van der Waals surface area (Å²) in [6.07, 6.45) is 12.3. The van der Waals surface area contributed by atoms with Crippen LogP contribution in [-0.4, -0.2) is 21.5 Å². The van der Waals surface area contributed by atoms with Gasteiger partial charge >= 0.3 is 0 Å². The SMILES string of the molecule is O=C1CC=CC=C1c1nc2ccccc2s1.O=C1CC=CC=C1c1nc2ccccc2s1.[Zn]. The molecule has 0 fully saturated rings. The monoisotopic (exact) mass is 518 g/mol. The second-order valence-electron chi connectivity index (χ2n) is 7.25. The Morgan fingerprint density at radius 3 is 1.45 bits per heavy atom. The number of ketones is 2. The minimum absolute atomic E-state index is 0. The average molecular weight is 520 g/mol. The summed E-state index contributed by atoms with van der Waals surface area (Å²) in [6, 6.07) is 15.9. The number of nitrogens with zero attached hydrogens (tertiary/aromatic N) is 2. The zero-order chi connectivity index (χ0) is 21.9. The standard InChI is InChI=1S/2C13H9NOS.Zn/c2*15-11-7-3-1-5-9(11)13-14-10-6-2-4-8-12(10)16-13;/h2*1-6,8H,7H2;. The van der Waals surface area contributed by atoms with Crippen molar-refractivity contribution in [1.29, 1.82) is 0 Å². The molecule has 0 amide bonds. The topological polar surface area (TPSA) is 59.9 Å². The molecule has 4 nitrogen and oxygen atoms in total. The molecular formula is C26H18N2O2S2Zn. The van der Waals surface area contributed by atoms with Crippen molar-refractivity contribution in [3.63, 3.8) is 0 Å². The average Bonchev–Trinajstić information content (AvgIpc) is 3.44. The van der Waals surface area contributed by atoms with Gasteiger partial charge in [0.05, 0.1) is 31.6 Å². The molecule has 0 N–H and O–H groups in total. The minimum atomic E-state index is 0. The van der Waals surface area contributed by atoms with Crippen LogP contribution in [0.3, 0.4) is 0 Å². The molecule has 6 rings (SSSR count). The molecule has 4 aromatic rings. The third kappa shape index (κ3) is 5.06. The number of fused-ring (bicyclic) bond motifs is 2. The van der Waals surface area contributed by atoms with E-state index in [-0.39, 0.29) is 31.0 Å². The van der Waals surface area contributed by atoms with Crippen LogP contribution in [-0.2, 0) is 29.1 Å². The molecule has 2 aliphatic rings. The molecule has 158 valence electrons. The molecule has 2 aromatic carbocycles. The van der Waals surface area contributed by atoms with Crippen LogP contribution in [0.25, 0.3) is 31.6 Å². The Bertz CT molecular complexity index is 1300. The Balaban J connectivity index is 0.000000152. The third-order valence-corrected chi connectivity index (χ3v) is 7.19. The summed E-state index contributed by atoms with van der Waals surface area (Å²) in [7, 11) is 0. The van der Waals surface area contributed by atoms with Gasteiger partial charge < -0.3 is 0 Å². The second kappa shape index (κ2) is 10.4. The summed E-state index contributed by atoms with van der Waals surface area (Å²) in [5.41, 5.74) is 3.41. The largest absolute Gasteiger partial charge is 0.294 e. The van der Waals surface area contributed by atoms with Crippen molar-refractivity contribution in [1.82, 2.24) is 9.97 Å². The quantitative estimate of drug-likeness (QED) is 0.287. The van der Waals surface area contributed by atoms with Gasteiger partial charge in [0, 0.05) is 32.3 Å². The molecule has 0 saturated carbocycles. The van der Waals surface area contributed by atoms with Crippen LogP contribution in [0, 0.1) is 0 Å². The van der Waals surface area contributed by atoms with Gasteiger partial charge in [-0.25, -0.2) is 9.97 Å². The number of allylic oxidation sites excluding steroid dienone is 8. The van der Waals surface area contributed by atoms with Crippen LogP contribution in [0.4, 0.5) is 0 Å². The van der Waals surface area contributed by atoms with Crippen molar-refractivity contribution in [2.45, 2.75) is 12.8 Å². The van der Waals surface area contributed by atoms with E-state index in [9.17, 15) is 9.59 Å². The van der Waals surface area contributed by atoms with Crippen molar-refractivity contribution in [3.8, 4) is 0 Å². The van der Waals surface area contributed by atoms with E-state index in [1.54, 1.807) is 22.7 Å². The fraction of sp³-hybridized carbons (Fsp3) is 0.0769. The van der Waals surface area contributed by atoms with E-state index < -0.39 is 0 Å². The van der Waals surface area contributed by atoms with E-state index in [0.29, 0.717) is 12.8 Å². The molecule has 0 bridgehead atoms. The molecule has 0 unspecified atom stereocenters. The fourth-order valence-corrected chi connectivity index (χ4v) is 5.46.